The summed E-state index contributed by atoms with van der Waals surface area (Å²) in [5, 5.41) is 2.87. The molecule has 1 saturated heterocycles. The van der Waals surface area contributed by atoms with Crippen molar-refractivity contribution in [1.82, 2.24) is 0 Å². The average molecular weight is 368 g/mol. The number of anilines is 2. The number of hydrogen-bond donors (Lipinski definition) is 1. The van der Waals surface area contributed by atoms with Crippen LogP contribution in [0.1, 0.15) is 5.56 Å². The minimum Gasteiger partial charge on any atom is -0.497 e. The summed E-state index contributed by atoms with van der Waals surface area (Å²) in [7, 11) is 3.19. The number of nitrogens with one attached hydrogen (secondary N) is 1. The van der Waals surface area contributed by atoms with Gasteiger partial charge >= 0.3 is 0 Å². The Bertz CT molecular complexity index is 796. The normalized spacial score (nSPS) is 14.2. The lowest BCUT2D eigenvalue weighted by Crippen LogP contribution is -2.36. The van der Waals surface area contributed by atoms with Gasteiger partial charge in [0.1, 0.15) is 11.5 Å². The molecular formula is C21H24N2O4. The van der Waals surface area contributed by atoms with Crippen LogP contribution in [0.25, 0.3) is 6.08 Å². The number of morpholine rings is 1. The fourth-order valence-corrected chi connectivity index (χ4v) is 2.90. The molecule has 2 aromatic rings. The molecule has 1 amide bonds. The number of benzene rings is 2. The topological polar surface area (TPSA) is 60.0 Å². The van der Waals surface area contributed by atoms with E-state index in [4.69, 9.17) is 14.2 Å². The van der Waals surface area contributed by atoms with Gasteiger partial charge in [-0.3, -0.25) is 4.79 Å². The standard InChI is InChI=1S/C21H24N2O4/c1-25-19-8-9-20(26-2)16(15-19)3-10-21(24)22-17-4-6-18(7-5-17)23-11-13-27-14-12-23/h3-10,15H,11-14H2,1-2H3,(H,22,24)/b10-3+. The number of hydrogen-bond acceptors (Lipinski definition) is 5. The summed E-state index contributed by atoms with van der Waals surface area (Å²) >= 11 is 0. The van der Waals surface area contributed by atoms with Gasteiger partial charge in [-0.05, 0) is 48.5 Å². The number of amides is 1. The van der Waals surface area contributed by atoms with E-state index in [1.807, 2.05) is 36.4 Å². The summed E-state index contributed by atoms with van der Waals surface area (Å²) in [5.74, 6) is 1.17. The number of nitrogens with zero attached hydrogens (tertiary/aromatic N) is 1. The van der Waals surface area contributed by atoms with Crippen LogP contribution in [0.15, 0.2) is 48.5 Å². The van der Waals surface area contributed by atoms with E-state index in [0.717, 1.165) is 43.2 Å². The zero-order valence-electron chi connectivity index (χ0n) is 15.6. The predicted molar refractivity (Wildman–Crippen MR) is 107 cm³/mol. The highest BCUT2D eigenvalue weighted by atomic mass is 16.5. The van der Waals surface area contributed by atoms with Crippen LogP contribution in [-0.2, 0) is 9.53 Å². The van der Waals surface area contributed by atoms with Crippen LogP contribution in [-0.4, -0.2) is 46.4 Å². The average Bonchev–Trinajstić information content (AvgIpc) is 2.73. The van der Waals surface area contributed by atoms with Crippen molar-refractivity contribution in [3.63, 3.8) is 0 Å². The van der Waals surface area contributed by atoms with Gasteiger partial charge in [0.2, 0.25) is 5.91 Å². The molecule has 1 fully saturated rings. The molecule has 0 radical (unpaired) electrons. The first kappa shape index (κ1) is 18.8. The van der Waals surface area contributed by atoms with E-state index in [1.54, 1.807) is 26.4 Å². The van der Waals surface area contributed by atoms with Crippen molar-refractivity contribution in [3.05, 3.63) is 54.1 Å². The first-order valence-corrected chi connectivity index (χ1v) is 8.83. The van der Waals surface area contributed by atoms with Crippen molar-refractivity contribution < 1.29 is 19.0 Å². The third-order valence-electron chi connectivity index (χ3n) is 4.36. The third-order valence-corrected chi connectivity index (χ3v) is 4.36. The van der Waals surface area contributed by atoms with Crippen molar-refractivity contribution in [2.75, 3.05) is 50.7 Å². The molecular weight excluding hydrogens is 344 g/mol. The maximum absolute atomic E-state index is 12.2. The molecule has 0 unspecified atom stereocenters. The molecule has 1 aliphatic rings. The summed E-state index contributed by atoms with van der Waals surface area (Å²) in [6, 6.07) is 13.3. The van der Waals surface area contributed by atoms with Gasteiger partial charge < -0.3 is 24.4 Å². The summed E-state index contributed by atoms with van der Waals surface area (Å²) in [6.45, 7) is 3.27. The number of ether oxygens (including phenoxy) is 3. The van der Waals surface area contributed by atoms with Crippen molar-refractivity contribution in [3.8, 4) is 11.5 Å². The van der Waals surface area contributed by atoms with E-state index in [1.165, 1.54) is 6.08 Å². The Morgan fingerprint density at radius 2 is 1.81 bits per heavy atom. The Kier molecular flexibility index (Phi) is 6.33. The number of methoxy groups -OCH3 is 2. The maximum atomic E-state index is 12.2. The molecule has 6 nitrogen and oxygen atoms in total. The van der Waals surface area contributed by atoms with Crippen LogP contribution in [0.3, 0.4) is 0 Å². The summed E-state index contributed by atoms with van der Waals surface area (Å²) in [5.41, 5.74) is 2.65. The highest BCUT2D eigenvalue weighted by Gasteiger charge is 2.11. The predicted octanol–water partition coefficient (Wildman–Crippen LogP) is 3.19. The van der Waals surface area contributed by atoms with Crippen LogP contribution < -0.4 is 19.7 Å². The Morgan fingerprint density at radius 1 is 1.07 bits per heavy atom. The van der Waals surface area contributed by atoms with Crippen LogP contribution in [0, 0.1) is 0 Å². The minimum atomic E-state index is -0.209. The molecule has 1 aliphatic heterocycles. The summed E-state index contributed by atoms with van der Waals surface area (Å²) < 4.78 is 15.9. The highest BCUT2D eigenvalue weighted by Crippen LogP contribution is 2.25. The molecule has 0 aliphatic carbocycles. The fourth-order valence-electron chi connectivity index (χ4n) is 2.90. The molecule has 27 heavy (non-hydrogen) atoms. The molecule has 142 valence electrons. The minimum absolute atomic E-state index is 0.209. The highest BCUT2D eigenvalue weighted by molar-refractivity contribution is 6.02. The molecule has 0 bridgehead atoms. The smallest absolute Gasteiger partial charge is 0.248 e. The Hall–Kier alpha value is -2.99. The Morgan fingerprint density at radius 3 is 2.48 bits per heavy atom. The first-order valence-electron chi connectivity index (χ1n) is 8.83. The van der Waals surface area contributed by atoms with Gasteiger partial charge in [-0.2, -0.15) is 0 Å². The molecule has 6 heteroatoms. The van der Waals surface area contributed by atoms with E-state index in [0.29, 0.717) is 11.5 Å². The number of carbonyl (C=O) groups is 1. The second-order valence-corrected chi connectivity index (χ2v) is 6.08. The van der Waals surface area contributed by atoms with Gasteiger partial charge in [0.15, 0.2) is 0 Å². The van der Waals surface area contributed by atoms with Gasteiger partial charge in [0, 0.05) is 36.1 Å². The van der Waals surface area contributed by atoms with E-state index >= 15 is 0 Å². The van der Waals surface area contributed by atoms with Crippen LogP contribution in [0.5, 0.6) is 11.5 Å². The number of carbonyl (C=O) groups excluding carboxylic acids is 1. The lowest BCUT2D eigenvalue weighted by atomic mass is 10.1. The van der Waals surface area contributed by atoms with Crippen molar-refractivity contribution >= 4 is 23.4 Å². The van der Waals surface area contributed by atoms with Gasteiger partial charge in [-0.15, -0.1) is 0 Å². The second-order valence-electron chi connectivity index (χ2n) is 6.08. The fraction of sp³-hybridized carbons (Fsp3) is 0.286. The SMILES string of the molecule is COc1ccc(OC)c(/C=C/C(=O)Nc2ccc(N3CCOCC3)cc2)c1. The third kappa shape index (κ3) is 5.01. The quantitative estimate of drug-likeness (QED) is 0.794. The molecule has 0 atom stereocenters. The zero-order chi connectivity index (χ0) is 19.1. The van der Waals surface area contributed by atoms with Crippen molar-refractivity contribution in [2.45, 2.75) is 0 Å². The molecule has 0 aromatic heterocycles. The van der Waals surface area contributed by atoms with Gasteiger partial charge in [0.25, 0.3) is 0 Å². The van der Waals surface area contributed by atoms with E-state index in [2.05, 4.69) is 10.2 Å². The molecule has 0 spiro atoms. The van der Waals surface area contributed by atoms with E-state index in [9.17, 15) is 4.79 Å². The maximum Gasteiger partial charge on any atom is 0.248 e. The Balaban J connectivity index is 1.63. The molecule has 1 heterocycles. The van der Waals surface area contributed by atoms with Gasteiger partial charge in [0.05, 0.1) is 27.4 Å². The molecule has 0 saturated carbocycles. The molecule has 3 rings (SSSR count). The molecule has 1 N–H and O–H groups in total. The van der Waals surface area contributed by atoms with Crippen molar-refractivity contribution in [1.29, 1.82) is 0 Å². The van der Waals surface area contributed by atoms with Gasteiger partial charge in [-0.25, -0.2) is 0 Å². The second kappa shape index (κ2) is 9.09. The zero-order valence-corrected chi connectivity index (χ0v) is 15.6. The van der Waals surface area contributed by atoms with Crippen molar-refractivity contribution in [2.24, 2.45) is 0 Å². The largest absolute Gasteiger partial charge is 0.497 e. The lowest BCUT2D eigenvalue weighted by Gasteiger charge is -2.28. The van der Waals surface area contributed by atoms with E-state index < -0.39 is 0 Å². The summed E-state index contributed by atoms with van der Waals surface area (Å²) in [4.78, 5) is 14.5. The monoisotopic (exact) mass is 368 g/mol. The molecule has 2 aromatic carbocycles. The first-order chi connectivity index (χ1) is 13.2. The summed E-state index contributed by atoms with van der Waals surface area (Å²) in [6.07, 6.45) is 3.19. The van der Waals surface area contributed by atoms with Crippen LogP contribution in [0.2, 0.25) is 0 Å². The van der Waals surface area contributed by atoms with Crippen LogP contribution in [0.4, 0.5) is 11.4 Å². The van der Waals surface area contributed by atoms with Crippen LogP contribution >= 0.6 is 0 Å². The lowest BCUT2D eigenvalue weighted by molar-refractivity contribution is -0.111. The number of rotatable bonds is 6. The van der Waals surface area contributed by atoms with Gasteiger partial charge in [-0.1, -0.05) is 0 Å². The Labute approximate surface area is 159 Å². The van der Waals surface area contributed by atoms with E-state index in [-0.39, 0.29) is 5.91 Å².